The van der Waals surface area contributed by atoms with Crippen molar-refractivity contribution in [3.8, 4) is 0 Å². The average molecular weight is 327 g/mol. The Morgan fingerprint density at radius 1 is 1.13 bits per heavy atom. The fraction of sp³-hybridized carbons (Fsp3) is 0.450. The molecule has 0 N–H and O–H groups in total. The van der Waals surface area contributed by atoms with E-state index in [9.17, 15) is 0 Å². The van der Waals surface area contributed by atoms with Gasteiger partial charge in [0.1, 0.15) is 5.03 Å². The number of piperidine rings is 1. The van der Waals surface area contributed by atoms with E-state index in [1.807, 2.05) is 0 Å². The summed E-state index contributed by atoms with van der Waals surface area (Å²) in [5.41, 5.74) is 1.39. The summed E-state index contributed by atoms with van der Waals surface area (Å²) in [6, 6.07) is 15.5. The van der Waals surface area contributed by atoms with Crippen molar-refractivity contribution in [2.75, 3.05) is 13.1 Å². The third-order valence-electron chi connectivity index (χ3n) is 4.52. The van der Waals surface area contributed by atoms with Crippen LogP contribution in [0.1, 0.15) is 50.6 Å². The number of benzene rings is 1. The Morgan fingerprint density at radius 3 is 2.74 bits per heavy atom. The lowest BCUT2D eigenvalue weighted by Gasteiger charge is -2.35. The van der Waals surface area contributed by atoms with Gasteiger partial charge in [-0.15, -0.1) is 0 Å². The van der Waals surface area contributed by atoms with Crippen molar-refractivity contribution in [3.05, 3.63) is 54.2 Å². The van der Waals surface area contributed by atoms with Gasteiger partial charge in [-0.1, -0.05) is 55.8 Å². The SMILES string of the molecule is CCCCN1CCCC[C@H]1c1ccc(Sc2ccccc2)nc1. The fourth-order valence-corrected chi connectivity index (χ4v) is 4.03. The highest BCUT2D eigenvalue weighted by molar-refractivity contribution is 7.99. The number of unbranched alkanes of at least 4 members (excludes halogenated alkanes) is 1. The van der Waals surface area contributed by atoms with E-state index in [0.717, 1.165) is 5.03 Å². The Labute approximate surface area is 144 Å². The van der Waals surface area contributed by atoms with Crippen LogP contribution in [0.5, 0.6) is 0 Å². The monoisotopic (exact) mass is 326 g/mol. The molecule has 1 atom stereocenters. The van der Waals surface area contributed by atoms with Crippen molar-refractivity contribution < 1.29 is 0 Å². The van der Waals surface area contributed by atoms with Crippen molar-refractivity contribution in [1.82, 2.24) is 9.88 Å². The van der Waals surface area contributed by atoms with Gasteiger partial charge >= 0.3 is 0 Å². The highest BCUT2D eigenvalue weighted by Crippen LogP contribution is 2.32. The van der Waals surface area contributed by atoms with Gasteiger partial charge in [0, 0.05) is 17.1 Å². The van der Waals surface area contributed by atoms with E-state index in [2.05, 4.69) is 60.5 Å². The molecule has 2 nitrogen and oxygen atoms in total. The van der Waals surface area contributed by atoms with Crippen LogP contribution in [-0.4, -0.2) is 23.0 Å². The number of pyridine rings is 1. The third kappa shape index (κ3) is 4.58. The van der Waals surface area contributed by atoms with E-state index in [1.54, 1.807) is 11.8 Å². The van der Waals surface area contributed by atoms with Crippen LogP contribution in [0, 0.1) is 0 Å². The molecule has 0 amide bonds. The van der Waals surface area contributed by atoms with Crippen LogP contribution in [0.4, 0.5) is 0 Å². The lowest BCUT2D eigenvalue weighted by atomic mass is 9.96. The number of nitrogens with zero attached hydrogens (tertiary/aromatic N) is 2. The summed E-state index contributed by atoms with van der Waals surface area (Å²) in [7, 11) is 0. The van der Waals surface area contributed by atoms with Crippen LogP contribution in [0.2, 0.25) is 0 Å². The van der Waals surface area contributed by atoms with Gasteiger partial charge in [0.25, 0.3) is 0 Å². The molecule has 2 aromatic rings. The predicted molar refractivity (Wildman–Crippen MR) is 97.9 cm³/mol. The van der Waals surface area contributed by atoms with Gasteiger partial charge in [0.15, 0.2) is 0 Å². The van der Waals surface area contributed by atoms with Crippen molar-refractivity contribution in [3.63, 3.8) is 0 Å². The zero-order valence-corrected chi connectivity index (χ0v) is 14.8. The first-order valence-corrected chi connectivity index (χ1v) is 9.61. The van der Waals surface area contributed by atoms with E-state index in [0.29, 0.717) is 6.04 Å². The topological polar surface area (TPSA) is 16.1 Å². The molecule has 1 aliphatic heterocycles. The molecule has 0 radical (unpaired) electrons. The standard InChI is InChI=1S/C20H26N2S/c1-2-3-14-22-15-8-7-11-19(22)17-12-13-20(21-16-17)23-18-9-5-4-6-10-18/h4-6,9-10,12-13,16,19H,2-3,7-8,11,14-15H2,1H3/t19-/m0/s1. The molecule has 0 bridgehead atoms. The number of hydrogen-bond acceptors (Lipinski definition) is 3. The number of rotatable bonds is 6. The van der Waals surface area contributed by atoms with Gasteiger partial charge < -0.3 is 0 Å². The van der Waals surface area contributed by atoms with Crippen LogP contribution in [0.25, 0.3) is 0 Å². The minimum absolute atomic E-state index is 0.568. The van der Waals surface area contributed by atoms with Gasteiger partial charge in [-0.2, -0.15) is 0 Å². The summed E-state index contributed by atoms with van der Waals surface area (Å²) in [4.78, 5) is 8.61. The smallest absolute Gasteiger partial charge is 0.101 e. The number of likely N-dealkylation sites (tertiary alicyclic amines) is 1. The van der Waals surface area contributed by atoms with Crippen LogP contribution in [-0.2, 0) is 0 Å². The van der Waals surface area contributed by atoms with Gasteiger partial charge in [0.05, 0.1) is 0 Å². The minimum atomic E-state index is 0.568. The molecule has 3 rings (SSSR count). The maximum absolute atomic E-state index is 4.70. The van der Waals surface area contributed by atoms with Gasteiger partial charge in [-0.25, -0.2) is 4.98 Å². The lowest BCUT2D eigenvalue weighted by molar-refractivity contribution is 0.146. The van der Waals surface area contributed by atoms with Crippen LogP contribution in [0.3, 0.4) is 0 Å². The molecule has 0 saturated carbocycles. The maximum Gasteiger partial charge on any atom is 0.101 e. The first-order valence-electron chi connectivity index (χ1n) is 8.79. The van der Waals surface area contributed by atoms with Crippen LogP contribution < -0.4 is 0 Å². The van der Waals surface area contributed by atoms with E-state index in [4.69, 9.17) is 4.98 Å². The van der Waals surface area contributed by atoms with E-state index < -0.39 is 0 Å². The normalized spacial score (nSPS) is 18.9. The highest BCUT2D eigenvalue weighted by atomic mass is 32.2. The maximum atomic E-state index is 4.70. The molecular formula is C20H26N2S. The molecule has 1 aromatic heterocycles. The summed E-state index contributed by atoms with van der Waals surface area (Å²) < 4.78 is 0. The predicted octanol–water partition coefficient (Wildman–Crippen LogP) is 5.56. The van der Waals surface area contributed by atoms with Crippen molar-refractivity contribution in [2.45, 2.75) is 55.0 Å². The summed E-state index contributed by atoms with van der Waals surface area (Å²) in [5, 5.41) is 1.08. The molecule has 1 aromatic carbocycles. The van der Waals surface area contributed by atoms with Crippen molar-refractivity contribution >= 4 is 11.8 Å². The summed E-state index contributed by atoms with van der Waals surface area (Å²) in [5.74, 6) is 0. The molecule has 1 saturated heterocycles. The summed E-state index contributed by atoms with van der Waals surface area (Å²) in [6.45, 7) is 4.74. The third-order valence-corrected chi connectivity index (χ3v) is 5.48. The zero-order chi connectivity index (χ0) is 15.9. The Morgan fingerprint density at radius 2 is 2.00 bits per heavy atom. The quantitative estimate of drug-likeness (QED) is 0.691. The number of aromatic nitrogens is 1. The highest BCUT2D eigenvalue weighted by Gasteiger charge is 2.23. The molecule has 0 spiro atoms. The zero-order valence-electron chi connectivity index (χ0n) is 13.9. The molecule has 1 aliphatic rings. The van der Waals surface area contributed by atoms with Crippen molar-refractivity contribution in [2.24, 2.45) is 0 Å². The van der Waals surface area contributed by atoms with E-state index in [1.165, 1.54) is 55.7 Å². The fourth-order valence-electron chi connectivity index (χ4n) is 3.26. The molecule has 0 unspecified atom stereocenters. The second-order valence-electron chi connectivity index (χ2n) is 6.25. The van der Waals surface area contributed by atoms with E-state index in [-0.39, 0.29) is 0 Å². The Kier molecular flexibility index (Phi) is 6.12. The molecule has 2 heterocycles. The second kappa shape index (κ2) is 8.51. The summed E-state index contributed by atoms with van der Waals surface area (Å²) in [6.07, 6.45) is 8.63. The Bertz CT molecular complexity index is 582. The first-order chi connectivity index (χ1) is 11.4. The van der Waals surface area contributed by atoms with E-state index >= 15 is 0 Å². The van der Waals surface area contributed by atoms with Crippen LogP contribution in [0.15, 0.2) is 58.6 Å². The number of hydrogen-bond donors (Lipinski definition) is 0. The minimum Gasteiger partial charge on any atom is -0.296 e. The Hall–Kier alpha value is -1.32. The van der Waals surface area contributed by atoms with Crippen LogP contribution >= 0.6 is 11.8 Å². The lowest BCUT2D eigenvalue weighted by Crippen LogP contribution is -2.34. The molecule has 23 heavy (non-hydrogen) atoms. The van der Waals surface area contributed by atoms with Gasteiger partial charge in [0.2, 0.25) is 0 Å². The molecule has 122 valence electrons. The summed E-state index contributed by atoms with van der Waals surface area (Å²) >= 11 is 1.73. The Balaban J connectivity index is 1.67. The van der Waals surface area contributed by atoms with Gasteiger partial charge in [-0.05, 0) is 56.1 Å². The average Bonchev–Trinajstić information content (AvgIpc) is 2.62. The second-order valence-corrected chi connectivity index (χ2v) is 7.34. The molecule has 0 aliphatic carbocycles. The molecule has 3 heteroatoms. The first kappa shape index (κ1) is 16.5. The largest absolute Gasteiger partial charge is 0.296 e. The molecule has 1 fully saturated rings. The van der Waals surface area contributed by atoms with Crippen molar-refractivity contribution in [1.29, 1.82) is 0 Å². The van der Waals surface area contributed by atoms with Gasteiger partial charge in [-0.3, -0.25) is 4.90 Å². The molecular weight excluding hydrogens is 300 g/mol.